The Bertz CT molecular complexity index is 902. The van der Waals surface area contributed by atoms with E-state index in [1.807, 2.05) is 0 Å². The minimum atomic E-state index is -4.75. The van der Waals surface area contributed by atoms with Crippen molar-refractivity contribution in [3.63, 3.8) is 0 Å². The fourth-order valence-electron chi connectivity index (χ4n) is 1.84. The van der Waals surface area contributed by atoms with Gasteiger partial charge in [-0.3, -0.25) is 4.55 Å². The summed E-state index contributed by atoms with van der Waals surface area (Å²) in [5.74, 6) is -0.950. The second-order valence-corrected chi connectivity index (χ2v) is 7.17. The van der Waals surface area contributed by atoms with Crippen LogP contribution >= 0.6 is 0 Å². The topological polar surface area (TPSA) is 128 Å². The van der Waals surface area contributed by atoms with E-state index in [9.17, 15) is 22.5 Å². The van der Waals surface area contributed by atoms with Crippen LogP contribution in [0.4, 0.5) is 24.8 Å². The lowest BCUT2D eigenvalue weighted by Crippen LogP contribution is -2.27. The summed E-state index contributed by atoms with van der Waals surface area (Å²) in [6, 6.07) is 5.13. The number of anilines is 2. The second-order valence-electron chi connectivity index (χ2n) is 5.65. The van der Waals surface area contributed by atoms with Crippen molar-refractivity contribution in [3.8, 4) is 5.88 Å². The van der Waals surface area contributed by atoms with Crippen molar-refractivity contribution in [3.05, 3.63) is 36.0 Å². The fourth-order valence-corrected chi connectivity index (χ4v) is 2.34. The molecule has 8 nitrogen and oxygen atoms in total. The third-order valence-corrected chi connectivity index (χ3v) is 4.38. The minimum Gasteiger partial charge on any atom is -0.471 e. The summed E-state index contributed by atoms with van der Waals surface area (Å²) in [5, 5.41) is 12.1. The van der Waals surface area contributed by atoms with E-state index in [1.54, 1.807) is 0 Å². The standard InChI is InChI=1S/C15H17F3N4O4S/c1-8(23)9(2)26-13-12(15(16,17)18)7-20-14(22-13)21-10-3-5-11(6-4-10)27(19,24)25/h3-9,23H,1-2H3,(H2,19,24,25)(H,20,21,22)/t8-,9-/m1/s1. The van der Waals surface area contributed by atoms with Gasteiger partial charge in [0.25, 0.3) is 0 Å². The van der Waals surface area contributed by atoms with E-state index in [-0.39, 0.29) is 10.8 Å². The SMILES string of the molecule is C[C@@H](O)[C@@H](C)Oc1nc(Nc2ccc(S(=N)(=O)O)cc2)ncc1C(F)(F)F. The molecule has 0 amide bonds. The molecule has 2 aromatic rings. The van der Waals surface area contributed by atoms with Crippen molar-refractivity contribution in [2.45, 2.75) is 37.1 Å². The summed E-state index contributed by atoms with van der Waals surface area (Å²) >= 11 is 0. The summed E-state index contributed by atoms with van der Waals surface area (Å²) in [7, 11) is -3.87. The van der Waals surface area contributed by atoms with Crippen molar-refractivity contribution in [1.29, 1.82) is 4.78 Å². The van der Waals surface area contributed by atoms with Crippen LogP contribution in [0.3, 0.4) is 0 Å². The van der Waals surface area contributed by atoms with E-state index in [2.05, 4.69) is 15.3 Å². The van der Waals surface area contributed by atoms with Crippen LogP contribution in [0, 0.1) is 4.78 Å². The molecule has 1 heterocycles. The van der Waals surface area contributed by atoms with E-state index in [0.29, 0.717) is 11.9 Å². The highest BCUT2D eigenvalue weighted by Crippen LogP contribution is 2.36. The van der Waals surface area contributed by atoms with Crippen molar-refractivity contribution in [2.24, 2.45) is 0 Å². The molecule has 0 fully saturated rings. The zero-order valence-corrected chi connectivity index (χ0v) is 15.0. The lowest BCUT2D eigenvalue weighted by molar-refractivity contribution is -0.140. The molecule has 27 heavy (non-hydrogen) atoms. The number of nitrogens with one attached hydrogen (secondary N) is 2. The summed E-state index contributed by atoms with van der Waals surface area (Å²) in [6.45, 7) is 2.76. The van der Waals surface area contributed by atoms with Gasteiger partial charge in [0.1, 0.15) is 11.7 Å². The van der Waals surface area contributed by atoms with Crippen LogP contribution in [0.2, 0.25) is 0 Å². The van der Waals surface area contributed by atoms with Crippen molar-refractivity contribution in [1.82, 2.24) is 9.97 Å². The molecule has 0 aliphatic carbocycles. The smallest absolute Gasteiger partial charge is 0.423 e. The lowest BCUT2D eigenvalue weighted by atomic mass is 10.2. The number of ether oxygens (including phenoxy) is 1. The molecule has 148 valence electrons. The molecule has 0 saturated carbocycles. The molecular weight excluding hydrogens is 389 g/mol. The molecule has 1 aromatic heterocycles. The first-order valence-electron chi connectivity index (χ1n) is 7.55. The van der Waals surface area contributed by atoms with Crippen LogP contribution < -0.4 is 10.1 Å². The molecule has 2 rings (SSSR count). The number of nitrogens with zero attached hydrogens (tertiary/aromatic N) is 2. The average molecular weight is 406 g/mol. The van der Waals surface area contributed by atoms with Crippen LogP contribution in [0.5, 0.6) is 5.88 Å². The molecule has 4 N–H and O–H groups in total. The number of aliphatic hydroxyl groups excluding tert-OH is 1. The lowest BCUT2D eigenvalue weighted by Gasteiger charge is -2.20. The number of hydrogen-bond donors (Lipinski definition) is 4. The van der Waals surface area contributed by atoms with Gasteiger partial charge in [0, 0.05) is 11.9 Å². The molecule has 0 aliphatic heterocycles. The van der Waals surface area contributed by atoms with Crippen molar-refractivity contribution in [2.75, 3.05) is 5.32 Å². The maximum absolute atomic E-state index is 13.1. The predicted octanol–water partition coefficient (Wildman–Crippen LogP) is 3.27. The molecule has 0 bridgehead atoms. The van der Waals surface area contributed by atoms with Gasteiger partial charge in [-0.1, -0.05) is 0 Å². The summed E-state index contributed by atoms with van der Waals surface area (Å²) in [5.41, 5.74) is -0.873. The Labute approximate surface area is 153 Å². The Hall–Kier alpha value is -2.44. The quantitative estimate of drug-likeness (QED) is 0.579. The molecule has 1 aromatic carbocycles. The minimum absolute atomic E-state index is 0.129. The van der Waals surface area contributed by atoms with E-state index in [4.69, 9.17) is 14.1 Å². The fraction of sp³-hybridized carbons (Fsp3) is 0.333. The first kappa shape index (κ1) is 20.9. The van der Waals surface area contributed by atoms with Gasteiger partial charge in [-0.05, 0) is 38.1 Å². The van der Waals surface area contributed by atoms with Gasteiger partial charge in [0.15, 0.2) is 10.0 Å². The van der Waals surface area contributed by atoms with Crippen molar-refractivity contribution < 1.29 is 31.8 Å². The van der Waals surface area contributed by atoms with Gasteiger partial charge >= 0.3 is 6.18 Å². The highest BCUT2D eigenvalue weighted by atomic mass is 32.2. The number of aromatic nitrogens is 2. The zero-order chi connectivity index (χ0) is 20.4. The van der Waals surface area contributed by atoms with Gasteiger partial charge in [-0.25, -0.2) is 14.0 Å². The first-order chi connectivity index (χ1) is 12.4. The first-order valence-corrected chi connectivity index (χ1v) is 9.06. The van der Waals surface area contributed by atoms with Crippen LogP contribution in [-0.4, -0.2) is 36.0 Å². The monoisotopic (exact) mass is 406 g/mol. The van der Waals surface area contributed by atoms with Crippen LogP contribution in [0.15, 0.2) is 35.4 Å². The number of hydrogen-bond acceptors (Lipinski definition) is 7. The predicted molar refractivity (Wildman–Crippen MR) is 90.3 cm³/mol. The van der Waals surface area contributed by atoms with Gasteiger partial charge < -0.3 is 15.2 Å². The average Bonchev–Trinajstić information content (AvgIpc) is 2.53. The third-order valence-electron chi connectivity index (χ3n) is 3.47. The Morgan fingerprint density at radius 1 is 1.26 bits per heavy atom. The molecular formula is C15H17F3N4O4S. The van der Waals surface area contributed by atoms with Crippen LogP contribution in [0.25, 0.3) is 0 Å². The van der Waals surface area contributed by atoms with E-state index in [0.717, 1.165) is 0 Å². The number of aliphatic hydroxyl groups is 1. The zero-order valence-electron chi connectivity index (χ0n) is 14.2. The molecule has 0 spiro atoms. The summed E-state index contributed by atoms with van der Waals surface area (Å²) < 4.78 is 71.9. The van der Waals surface area contributed by atoms with Crippen LogP contribution in [-0.2, 0) is 16.2 Å². The second kappa shape index (κ2) is 7.66. The Balaban J connectivity index is 2.32. The van der Waals surface area contributed by atoms with Crippen molar-refractivity contribution >= 4 is 21.6 Å². The molecule has 3 atom stereocenters. The molecule has 0 radical (unpaired) electrons. The highest BCUT2D eigenvalue weighted by molar-refractivity contribution is 7.86. The van der Waals surface area contributed by atoms with E-state index in [1.165, 1.54) is 38.1 Å². The number of rotatable bonds is 6. The van der Waals surface area contributed by atoms with Crippen LogP contribution in [0.1, 0.15) is 19.4 Å². The van der Waals surface area contributed by atoms with E-state index < -0.39 is 39.8 Å². The highest BCUT2D eigenvalue weighted by Gasteiger charge is 2.37. The van der Waals surface area contributed by atoms with Gasteiger partial charge in [0.2, 0.25) is 11.8 Å². The van der Waals surface area contributed by atoms with Gasteiger partial charge in [-0.2, -0.15) is 18.2 Å². The van der Waals surface area contributed by atoms with E-state index >= 15 is 0 Å². The summed E-state index contributed by atoms with van der Waals surface area (Å²) in [4.78, 5) is 7.18. The Kier molecular flexibility index (Phi) is 5.92. The maximum Gasteiger partial charge on any atom is 0.423 e. The van der Waals surface area contributed by atoms with Gasteiger partial charge in [0.05, 0.1) is 11.0 Å². The number of alkyl halides is 3. The normalized spacial score (nSPS) is 16.3. The molecule has 0 saturated heterocycles. The van der Waals surface area contributed by atoms with Gasteiger partial charge in [-0.15, -0.1) is 0 Å². The third kappa shape index (κ3) is 5.52. The molecule has 0 aliphatic rings. The number of halogens is 3. The number of benzene rings is 1. The Morgan fingerprint density at radius 3 is 2.33 bits per heavy atom. The molecule has 1 unspecified atom stereocenters. The summed E-state index contributed by atoms with van der Waals surface area (Å²) in [6.07, 6.45) is -6.16. The largest absolute Gasteiger partial charge is 0.471 e. The maximum atomic E-state index is 13.1. The Morgan fingerprint density at radius 2 is 1.85 bits per heavy atom. The molecule has 12 heteroatoms.